The van der Waals surface area contributed by atoms with Crippen molar-refractivity contribution in [3.05, 3.63) is 71.3 Å². The van der Waals surface area contributed by atoms with Crippen LogP contribution in [-0.4, -0.2) is 28.8 Å². The van der Waals surface area contributed by atoms with Gasteiger partial charge in [0.15, 0.2) is 0 Å². The van der Waals surface area contributed by atoms with Crippen molar-refractivity contribution in [3.63, 3.8) is 0 Å². The number of nitrogens with zero attached hydrogens (tertiary/aromatic N) is 1. The number of carbonyl (C=O) groups excluding carboxylic acids is 2. The fourth-order valence-electron chi connectivity index (χ4n) is 3.60. The SMILES string of the molecule is CC[C@H](C(=O)N[C@@H](C)CC)N(Cc1ccccc1)C(=O)CCc1ccc(C(C)C)cc1. The number of benzene rings is 2. The summed E-state index contributed by atoms with van der Waals surface area (Å²) in [5.41, 5.74) is 3.48. The van der Waals surface area contributed by atoms with Crippen LogP contribution in [0.25, 0.3) is 0 Å². The van der Waals surface area contributed by atoms with Crippen molar-refractivity contribution in [1.82, 2.24) is 10.2 Å². The molecule has 2 amide bonds. The first-order valence-corrected chi connectivity index (χ1v) is 11.6. The van der Waals surface area contributed by atoms with Gasteiger partial charge in [-0.3, -0.25) is 9.59 Å². The molecule has 0 aliphatic rings. The summed E-state index contributed by atoms with van der Waals surface area (Å²) < 4.78 is 0. The number of hydrogen-bond donors (Lipinski definition) is 1. The van der Waals surface area contributed by atoms with Crippen molar-refractivity contribution in [2.45, 2.75) is 84.8 Å². The van der Waals surface area contributed by atoms with Crippen molar-refractivity contribution >= 4 is 11.8 Å². The summed E-state index contributed by atoms with van der Waals surface area (Å²) in [4.78, 5) is 28.0. The summed E-state index contributed by atoms with van der Waals surface area (Å²) in [5, 5.41) is 3.06. The molecule has 168 valence electrons. The molecule has 2 aromatic carbocycles. The number of aryl methyl sites for hydroxylation is 1. The van der Waals surface area contributed by atoms with E-state index in [1.807, 2.05) is 51.1 Å². The molecule has 0 aromatic heterocycles. The van der Waals surface area contributed by atoms with E-state index in [2.05, 4.69) is 43.4 Å². The van der Waals surface area contributed by atoms with Gasteiger partial charge in [-0.15, -0.1) is 0 Å². The quantitative estimate of drug-likeness (QED) is 0.522. The molecule has 0 saturated carbocycles. The molecular weight excluding hydrogens is 384 g/mol. The van der Waals surface area contributed by atoms with Crippen molar-refractivity contribution in [1.29, 1.82) is 0 Å². The van der Waals surface area contributed by atoms with Crippen LogP contribution in [0, 0.1) is 0 Å². The second-order valence-corrected chi connectivity index (χ2v) is 8.65. The number of amides is 2. The van der Waals surface area contributed by atoms with E-state index in [4.69, 9.17) is 0 Å². The first-order valence-electron chi connectivity index (χ1n) is 11.6. The zero-order valence-corrected chi connectivity index (χ0v) is 19.7. The largest absolute Gasteiger partial charge is 0.352 e. The lowest BCUT2D eigenvalue weighted by molar-refractivity contribution is -0.141. The Bertz CT molecular complexity index is 815. The Morgan fingerprint density at radius 2 is 1.52 bits per heavy atom. The van der Waals surface area contributed by atoms with Gasteiger partial charge in [-0.2, -0.15) is 0 Å². The standard InChI is InChI=1S/C27H38N2O2/c1-6-21(5)28-27(31)25(7-2)29(19-23-11-9-8-10-12-23)26(30)18-15-22-13-16-24(17-14-22)20(3)4/h8-14,16-17,20-21,25H,6-7,15,18-19H2,1-5H3,(H,28,31)/t21-,25+/m0/s1. The van der Waals surface area contributed by atoms with Gasteiger partial charge in [-0.1, -0.05) is 82.3 Å². The van der Waals surface area contributed by atoms with E-state index in [-0.39, 0.29) is 17.9 Å². The second-order valence-electron chi connectivity index (χ2n) is 8.65. The molecule has 4 nitrogen and oxygen atoms in total. The van der Waals surface area contributed by atoms with Crippen LogP contribution in [0.3, 0.4) is 0 Å². The fourth-order valence-corrected chi connectivity index (χ4v) is 3.60. The summed E-state index contributed by atoms with van der Waals surface area (Å²) in [5.74, 6) is 0.441. The van der Waals surface area contributed by atoms with Crippen molar-refractivity contribution in [2.75, 3.05) is 0 Å². The minimum absolute atomic E-state index is 0.0166. The third kappa shape index (κ3) is 7.54. The summed E-state index contributed by atoms with van der Waals surface area (Å²) in [6.45, 7) is 10.8. The maximum Gasteiger partial charge on any atom is 0.243 e. The van der Waals surface area contributed by atoms with E-state index in [1.54, 1.807) is 4.90 Å². The van der Waals surface area contributed by atoms with Crippen LogP contribution in [0.5, 0.6) is 0 Å². The predicted molar refractivity (Wildman–Crippen MR) is 128 cm³/mol. The summed E-state index contributed by atoms with van der Waals surface area (Å²) in [6, 6.07) is 18.0. The Morgan fingerprint density at radius 1 is 0.871 bits per heavy atom. The predicted octanol–water partition coefficient (Wildman–Crippen LogP) is 5.46. The molecule has 2 aromatic rings. The molecule has 0 spiro atoms. The average molecular weight is 423 g/mol. The third-order valence-electron chi connectivity index (χ3n) is 5.86. The van der Waals surface area contributed by atoms with E-state index in [0.29, 0.717) is 31.7 Å². The van der Waals surface area contributed by atoms with E-state index >= 15 is 0 Å². The molecule has 31 heavy (non-hydrogen) atoms. The van der Waals surface area contributed by atoms with Gasteiger partial charge < -0.3 is 10.2 Å². The molecule has 2 atom stereocenters. The molecular formula is C27H38N2O2. The normalized spacial score (nSPS) is 13.0. The molecule has 0 radical (unpaired) electrons. The minimum Gasteiger partial charge on any atom is -0.352 e. The van der Waals surface area contributed by atoms with Gasteiger partial charge in [0.25, 0.3) is 0 Å². The lowest BCUT2D eigenvalue weighted by Crippen LogP contribution is -2.50. The molecule has 2 rings (SSSR count). The highest BCUT2D eigenvalue weighted by atomic mass is 16.2. The molecule has 0 saturated heterocycles. The van der Waals surface area contributed by atoms with E-state index in [1.165, 1.54) is 5.56 Å². The molecule has 0 bridgehead atoms. The maximum atomic E-state index is 13.3. The van der Waals surface area contributed by atoms with Crippen LogP contribution in [0.2, 0.25) is 0 Å². The van der Waals surface area contributed by atoms with E-state index < -0.39 is 6.04 Å². The molecule has 0 heterocycles. The van der Waals surface area contributed by atoms with Crippen molar-refractivity contribution in [3.8, 4) is 0 Å². The summed E-state index contributed by atoms with van der Waals surface area (Å²) in [7, 11) is 0. The Hall–Kier alpha value is -2.62. The van der Waals surface area contributed by atoms with E-state index in [0.717, 1.165) is 17.5 Å². The van der Waals surface area contributed by atoms with Crippen LogP contribution in [0.1, 0.15) is 76.5 Å². The molecule has 0 aliphatic heterocycles. The molecule has 0 unspecified atom stereocenters. The average Bonchev–Trinajstić information content (AvgIpc) is 2.78. The molecule has 4 heteroatoms. The Morgan fingerprint density at radius 3 is 2.06 bits per heavy atom. The second kappa shape index (κ2) is 12.3. The van der Waals surface area contributed by atoms with Gasteiger partial charge in [-0.25, -0.2) is 0 Å². The van der Waals surface area contributed by atoms with E-state index in [9.17, 15) is 9.59 Å². The van der Waals surface area contributed by atoms with Gasteiger partial charge in [0.1, 0.15) is 6.04 Å². The molecule has 0 aliphatic carbocycles. The highest BCUT2D eigenvalue weighted by Crippen LogP contribution is 2.18. The topological polar surface area (TPSA) is 49.4 Å². The first-order chi connectivity index (χ1) is 14.8. The highest BCUT2D eigenvalue weighted by molar-refractivity contribution is 5.87. The van der Waals surface area contributed by atoms with Gasteiger partial charge in [-0.05, 0) is 48.8 Å². The van der Waals surface area contributed by atoms with Crippen LogP contribution in [0.4, 0.5) is 0 Å². The Kier molecular flexibility index (Phi) is 9.77. The van der Waals surface area contributed by atoms with Gasteiger partial charge in [0.2, 0.25) is 11.8 Å². The zero-order chi connectivity index (χ0) is 22.8. The first kappa shape index (κ1) is 24.6. The van der Waals surface area contributed by atoms with Crippen LogP contribution < -0.4 is 5.32 Å². The number of carbonyl (C=O) groups is 2. The van der Waals surface area contributed by atoms with Crippen molar-refractivity contribution < 1.29 is 9.59 Å². The minimum atomic E-state index is -0.468. The van der Waals surface area contributed by atoms with Gasteiger partial charge >= 0.3 is 0 Å². The monoisotopic (exact) mass is 422 g/mol. The maximum absolute atomic E-state index is 13.3. The lowest BCUT2D eigenvalue weighted by atomic mass is 10.00. The van der Waals surface area contributed by atoms with Gasteiger partial charge in [0, 0.05) is 19.0 Å². The Labute approximate surface area is 188 Å². The number of nitrogens with one attached hydrogen (secondary N) is 1. The summed E-state index contributed by atoms with van der Waals surface area (Å²) in [6.07, 6.45) is 2.51. The number of rotatable bonds is 11. The fraction of sp³-hybridized carbons (Fsp3) is 0.481. The van der Waals surface area contributed by atoms with Crippen LogP contribution >= 0.6 is 0 Å². The zero-order valence-electron chi connectivity index (χ0n) is 19.7. The third-order valence-corrected chi connectivity index (χ3v) is 5.86. The van der Waals surface area contributed by atoms with Crippen LogP contribution in [-0.2, 0) is 22.6 Å². The van der Waals surface area contributed by atoms with Crippen LogP contribution in [0.15, 0.2) is 54.6 Å². The highest BCUT2D eigenvalue weighted by Gasteiger charge is 2.28. The Balaban J connectivity index is 2.15. The molecule has 1 N–H and O–H groups in total. The van der Waals surface area contributed by atoms with Gasteiger partial charge in [0.05, 0.1) is 0 Å². The van der Waals surface area contributed by atoms with Crippen molar-refractivity contribution in [2.24, 2.45) is 0 Å². The number of hydrogen-bond acceptors (Lipinski definition) is 2. The molecule has 0 fully saturated rings. The lowest BCUT2D eigenvalue weighted by Gasteiger charge is -2.31. The smallest absolute Gasteiger partial charge is 0.243 e. The summed E-state index contributed by atoms with van der Waals surface area (Å²) >= 11 is 0.